The molecule has 38 heavy (non-hydrogen) atoms. The molecule has 1 unspecified atom stereocenters. The van der Waals surface area contributed by atoms with Gasteiger partial charge in [0, 0.05) is 44.4 Å². The third kappa shape index (κ3) is 4.42. The van der Waals surface area contributed by atoms with E-state index >= 15 is 0 Å². The summed E-state index contributed by atoms with van der Waals surface area (Å²) in [5.74, 6) is 0.261. The summed E-state index contributed by atoms with van der Waals surface area (Å²) in [7, 11) is 3.48. The summed E-state index contributed by atoms with van der Waals surface area (Å²) < 4.78 is 12.2. The van der Waals surface area contributed by atoms with Crippen molar-refractivity contribution in [2.24, 2.45) is 7.05 Å². The molecule has 12 heteroatoms. The van der Waals surface area contributed by atoms with Gasteiger partial charge in [0.2, 0.25) is 0 Å². The maximum atomic E-state index is 13.8. The number of benzene rings is 1. The minimum atomic E-state index is -0.414. The lowest BCUT2D eigenvalue weighted by Crippen LogP contribution is -2.44. The number of aryl methyl sites for hydroxylation is 1. The number of anilines is 1. The molecule has 1 atom stereocenters. The lowest BCUT2D eigenvalue weighted by Gasteiger charge is -2.32. The van der Waals surface area contributed by atoms with E-state index in [-0.39, 0.29) is 29.5 Å². The highest BCUT2D eigenvalue weighted by Crippen LogP contribution is 2.33. The summed E-state index contributed by atoms with van der Waals surface area (Å²) in [6, 6.07) is 9.59. The maximum Gasteiger partial charge on any atom is 0.410 e. The van der Waals surface area contributed by atoms with Gasteiger partial charge in [0.1, 0.15) is 11.6 Å². The molecule has 0 saturated carbocycles. The molecular formula is C26H30N8O4. The number of ether oxygens (including phenoxy) is 1. The number of nitrogens with two attached hydrogens (primary N) is 1. The van der Waals surface area contributed by atoms with Crippen molar-refractivity contribution in [2.45, 2.75) is 38.8 Å². The first-order valence-corrected chi connectivity index (χ1v) is 12.3. The second-order valence-corrected chi connectivity index (χ2v) is 10.4. The number of fused-ring (bicyclic) bond motifs is 1. The highest BCUT2D eigenvalue weighted by molar-refractivity contribution is 6.08. The molecule has 0 bridgehead atoms. The van der Waals surface area contributed by atoms with Gasteiger partial charge in [0.05, 0.1) is 23.3 Å². The van der Waals surface area contributed by atoms with Crippen LogP contribution in [0.1, 0.15) is 37.6 Å². The standard InChI is InChI=1S/C26H30N8O4/c1-26(2,3)33(5)25(36)37-16-11-12-34(14-16)24(35)17-13-28-18(15-9-7-6-8-10-15)19-21(17)32(4)23(29-19)20-22(27)31-38-30-20/h6-10,13,16H,11-12,14H2,1-5H3,(H2,27,31). The Morgan fingerprint density at radius 2 is 1.89 bits per heavy atom. The molecule has 198 valence electrons. The minimum absolute atomic E-state index is 0.0925. The Bertz CT molecular complexity index is 1500. The first kappa shape index (κ1) is 25.2. The lowest BCUT2D eigenvalue weighted by atomic mass is 10.1. The van der Waals surface area contributed by atoms with Crippen molar-refractivity contribution >= 4 is 28.9 Å². The number of rotatable bonds is 4. The smallest absolute Gasteiger partial charge is 0.410 e. The molecule has 3 aromatic heterocycles. The van der Waals surface area contributed by atoms with Crippen LogP contribution in [0.3, 0.4) is 0 Å². The van der Waals surface area contributed by atoms with Gasteiger partial charge in [0.15, 0.2) is 17.3 Å². The zero-order chi connectivity index (χ0) is 27.2. The molecule has 1 fully saturated rings. The Labute approximate surface area is 219 Å². The van der Waals surface area contributed by atoms with Crippen molar-refractivity contribution in [1.29, 1.82) is 0 Å². The quantitative estimate of drug-likeness (QED) is 0.430. The Morgan fingerprint density at radius 1 is 1.16 bits per heavy atom. The molecule has 1 aliphatic heterocycles. The molecule has 0 aliphatic carbocycles. The number of hydrogen-bond donors (Lipinski definition) is 1. The zero-order valence-corrected chi connectivity index (χ0v) is 22.0. The molecular weight excluding hydrogens is 488 g/mol. The molecule has 0 radical (unpaired) electrons. The largest absolute Gasteiger partial charge is 0.444 e. The monoisotopic (exact) mass is 518 g/mol. The van der Waals surface area contributed by atoms with Crippen LogP contribution in [0.25, 0.3) is 33.8 Å². The summed E-state index contributed by atoms with van der Waals surface area (Å²) in [5, 5.41) is 7.57. The van der Waals surface area contributed by atoms with Crippen LogP contribution in [0.4, 0.5) is 10.6 Å². The van der Waals surface area contributed by atoms with E-state index in [9.17, 15) is 9.59 Å². The number of nitrogens with zero attached hydrogens (tertiary/aromatic N) is 7. The summed E-state index contributed by atoms with van der Waals surface area (Å²) in [4.78, 5) is 39.0. The second kappa shape index (κ2) is 9.43. The van der Waals surface area contributed by atoms with Crippen LogP contribution >= 0.6 is 0 Å². The number of likely N-dealkylation sites (tertiary alicyclic amines) is 1. The molecule has 5 rings (SSSR count). The average molecular weight is 519 g/mol. The second-order valence-electron chi connectivity index (χ2n) is 10.4. The number of nitrogen functional groups attached to an aromatic ring is 1. The van der Waals surface area contributed by atoms with Gasteiger partial charge in [-0.25, -0.2) is 14.4 Å². The SMILES string of the molecule is CN(C(=O)OC1CCN(C(=O)c2cnc(-c3ccccc3)c3nc(-c4nonc4N)n(C)c23)C1)C(C)(C)C. The molecule has 2 N–H and O–H groups in total. The molecule has 4 heterocycles. The highest BCUT2D eigenvalue weighted by Gasteiger charge is 2.34. The minimum Gasteiger partial charge on any atom is -0.444 e. The number of amides is 2. The zero-order valence-electron chi connectivity index (χ0n) is 22.0. The maximum absolute atomic E-state index is 13.8. The molecule has 12 nitrogen and oxygen atoms in total. The third-order valence-corrected chi connectivity index (χ3v) is 6.88. The normalized spacial score (nSPS) is 15.7. The highest BCUT2D eigenvalue weighted by atomic mass is 16.6. The van der Waals surface area contributed by atoms with Crippen molar-refractivity contribution in [3.63, 3.8) is 0 Å². The van der Waals surface area contributed by atoms with Gasteiger partial charge in [-0.3, -0.25) is 9.78 Å². The van der Waals surface area contributed by atoms with Gasteiger partial charge in [-0.2, -0.15) is 0 Å². The molecule has 1 saturated heterocycles. The van der Waals surface area contributed by atoms with Gasteiger partial charge in [-0.1, -0.05) is 30.3 Å². The number of pyridine rings is 1. The molecule has 1 aliphatic rings. The van der Waals surface area contributed by atoms with Crippen molar-refractivity contribution in [3.8, 4) is 22.8 Å². The fourth-order valence-corrected chi connectivity index (χ4v) is 4.42. The van der Waals surface area contributed by atoms with E-state index < -0.39 is 12.2 Å². The van der Waals surface area contributed by atoms with E-state index in [0.717, 1.165) is 5.56 Å². The van der Waals surface area contributed by atoms with Crippen molar-refractivity contribution in [3.05, 3.63) is 42.1 Å². The Hall–Kier alpha value is -4.48. The van der Waals surface area contributed by atoms with Crippen molar-refractivity contribution in [1.82, 2.24) is 34.6 Å². The number of carbonyl (C=O) groups is 2. The van der Waals surface area contributed by atoms with Crippen LogP contribution in [-0.4, -0.2) is 78.4 Å². The molecule has 1 aromatic carbocycles. The summed E-state index contributed by atoms with van der Waals surface area (Å²) in [6.45, 7) is 6.53. The summed E-state index contributed by atoms with van der Waals surface area (Å²) in [6.07, 6.45) is 1.30. The van der Waals surface area contributed by atoms with Gasteiger partial charge < -0.3 is 24.8 Å². The van der Waals surface area contributed by atoms with E-state index in [1.54, 1.807) is 34.7 Å². The molecule has 2 amide bonds. The van der Waals surface area contributed by atoms with Crippen LogP contribution in [0, 0.1) is 0 Å². The van der Waals surface area contributed by atoms with Crippen LogP contribution < -0.4 is 5.73 Å². The molecule has 0 spiro atoms. The van der Waals surface area contributed by atoms with E-state index in [1.165, 1.54) is 0 Å². The summed E-state index contributed by atoms with van der Waals surface area (Å²) >= 11 is 0. The van der Waals surface area contributed by atoms with Crippen molar-refractivity contribution < 1.29 is 19.0 Å². The lowest BCUT2D eigenvalue weighted by molar-refractivity contribution is 0.0477. The van der Waals surface area contributed by atoms with Crippen LogP contribution in [0.5, 0.6) is 0 Å². The van der Waals surface area contributed by atoms with Gasteiger partial charge in [-0.05, 0) is 31.1 Å². The Kier molecular flexibility index (Phi) is 6.25. The first-order chi connectivity index (χ1) is 18.1. The number of aromatic nitrogens is 5. The van der Waals surface area contributed by atoms with Gasteiger partial charge in [0.25, 0.3) is 5.91 Å². The number of carbonyl (C=O) groups excluding carboxylic acids is 2. The number of imidazole rings is 1. The Morgan fingerprint density at radius 3 is 2.55 bits per heavy atom. The van der Waals surface area contributed by atoms with Crippen LogP contribution in [-0.2, 0) is 11.8 Å². The fourth-order valence-electron chi connectivity index (χ4n) is 4.42. The van der Waals surface area contributed by atoms with E-state index in [1.807, 2.05) is 51.1 Å². The average Bonchev–Trinajstić information content (AvgIpc) is 3.61. The predicted molar refractivity (Wildman–Crippen MR) is 140 cm³/mol. The molecule has 4 aromatic rings. The fraction of sp³-hybridized carbons (Fsp3) is 0.385. The van der Waals surface area contributed by atoms with E-state index in [0.29, 0.717) is 41.1 Å². The Balaban J connectivity index is 1.50. The van der Waals surface area contributed by atoms with Crippen LogP contribution in [0.2, 0.25) is 0 Å². The van der Waals surface area contributed by atoms with Crippen LogP contribution in [0.15, 0.2) is 41.2 Å². The predicted octanol–water partition coefficient (Wildman–Crippen LogP) is 3.35. The summed E-state index contributed by atoms with van der Waals surface area (Å²) in [5.41, 5.74) is 8.80. The van der Waals surface area contributed by atoms with Crippen molar-refractivity contribution in [2.75, 3.05) is 25.9 Å². The number of hydrogen-bond acceptors (Lipinski definition) is 9. The van der Waals surface area contributed by atoms with E-state index in [4.69, 9.17) is 20.1 Å². The van der Waals surface area contributed by atoms with E-state index in [2.05, 4.69) is 15.3 Å². The first-order valence-electron chi connectivity index (χ1n) is 12.3. The van der Waals surface area contributed by atoms with Gasteiger partial charge >= 0.3 is 6.09 Å². The van der Waals surface area contributed by atoms with Gasteiger partial charge in [-0.15, -0.1) is 0 Å². The third-order valence-electron chi connectivity index (χ3n) is 6.88. The topological polar surface area (TPSA) is 146 Å².